The van der Waals surface area contributed by atoms with Gasteiger partial charge in [-0.1, -0.05) is 6.07 Å². The van der Waals surface area contributed by atoms with Gasteiger partial charge in [0.15, 0.2) is 0 Å². The van der Waals surface area contributed by atoms with Gasteiger partial charge in [-0.2, -0.15) is 0 Å². The van der Waals surface area contributed by atoms with E-state index in [2.05, 4.69) is 37.2 Å². The summed E-state index contributed by atoms with van der Waals surface area (Å²) in [6.45, 7) is 0. The highest BCUT2D eigenvalue weighted by Crippen LogP contribution is 2.33. The van der Waals surface area contributed by atoms with E-state index >= 15 is 0 Å². The first-order valence-corrected chi connectivity index (χ1v) is 6.42. The molecule has 0 aliphatic heterocycles. The molecular formula is C12H9Br2FN2. The summed E-state index contributed by atoms with van der Waals surface area (Å²) in [5.74, 6) is -0.365. The van der Waals surface area contributed by atoms with E-state index in [-0.39, 0.29) is 5.82 Å². The maximum Gasteiger partial charge on any atom is 0.127 e. The van der Waals surface area contributed by atoms with E-state index in [0.29, 0.717) is 11.4 Å². The normalized spacial score (nSPS) is 10.3. The van der Waals surface area contributed by atoms with Gasteiger partial charge in [0.2, 0.25) is 0 Å². The highest BCUT2D eigenvalue weighted by atomic mass is 79.9. The van der Waals surface area contributed by atoms with Crippen LogP contribution in [0.15, 0.2) is 45.3 Å². The quantitative estimate of drug-likeness (QED) is 0.764. The van der Waals surface area contributed by atoms with Crippen LogP contribution in [0.4, 0.5) is 21.5 Å². The first-order chi connectivity index (χ1) is 8.06. The van der Waals surface area contributed by atoms with Crippen LogP contribution in [0.5, 0.6) is 0 Å². The molecule has 0 heterocycles. The Morgan fingerprint density at radius 2 is 1.71 bits per heavy atom. The summed E-state index contributed by atoms with van der Waals surface area (Å²) in [5.41, 5.74) is 7.41. The Bertz CT molecular complexity index is 518. The lowest BCUT2D eigenvalue weighted by Crippen LogP contribution is -1.95. The number of hydrogen-bond acceptors (Lipinski definition) is 2. The molecule has 0 radical (unpaired) electrons. The number of para-hydroxylation sites is 1. The third kappa shape index (κ3) is 2.98. The van der Waals surface area contributed by atoms with E-state index in [0.717, 1.165) is 14.6 Å². The molecule has 0 spiro atoms. The number of anilines is 3. The second-order valence-electron chi connectivity index (χ2n) is 3.49. The Labute approximate surface area is 115 Å². The number of rotatable bonds is 2. The van der Waals surface area contributed by atoms with Crippen LogP contribution in [0.1, 0.15) is 0 Å². The van der Waals surface area contributed by atoms with Crippen LogP contribution >= 0.6 is 31.9 Å². The number of halogens is 3. The molecule has 0 fully saturated rings. The minimum Gasteiger partial charge on any atom is -0.399 e. The number of benzene rings is 2. The zero-order valence-corrected chi connectivity index (χ0v) is 11.8. The monoisotopic (exact) mass is 358 g/mol. The second kappa shape index (κ2) is 5.06. The molecule has 3 N–H and O–H groups in total. The van der Waals surface area contributed by atoms with Crippen molar-refractivity contribution in [2.75, 3.05) is 11.1 Å². The topological polar surface area (TPSA) is 38.0 Å². The first-order valence-electron chi connectivity index (χ1n) is 4.83. The fourth-order valence-electron chi connectivity index (χ4n) is 1.45. The molecule has 2 aromatic carbocycles. The van der Waals surface area contributed by atoms with E-state index in [4.69, 9.17) is 5.73 Å². The molecule has 0 unspecified atom stereocenters. The van der Waals surface area contributed by atoms with Gasteiger partial charge in [0.25, 0.3) is 0 Å². The molecule has 0 aliphatic carbocycles. The SMILES string of the molecule is Nc1cc(F)cc(Nc2c(Br)cccc2Br)c1. The van der Waals surface area contributed by atoms with E-state index in [1.165, 1.54) is 12.1 Å². The number of nitrogens with one attached hydrogen (secondary N) is 1. The zero-order valence-electron chi connectivity index (χ0n) is 8.68. The second-order valence-corrected chi connectivity index (χ2v) is 5.20. The molecule has 2 nitrogen and oxygen atoms in total. The predicted octanol–water partition coefficient (Wildman–Crippen LogP) is 4.68. The summed E-state index contributed by atoms with van der Waals surface area (Å²) < 4.78 is 15.0. The van der Waals surface area contributed by atoms with Crippen molar-refractivity contribution in [3.05, 3.63) is 51.2 Å². The van der Waals surface area contributed by atoms with Gasteiger partial charge in [-0.3, -0.25) is 0 Å². The van der Waals surface area contributed by atoms with Crippen LogP contribution in [-0.2, 0) is 0 Å². The fraction of sp³-hybridized carbons (Fsp3) is 0. The summed E-state index contributed by atoms with van der Waals surface area (Å²) in [6, 6.07) is 10.0. The Morgan fingerprint density at radius 1 is 1.06 bits per heavy atom. The Morgan fingerprint density at radius 3 is 2.29 bits per heavy atom. The lowest BCUT2D eigenvalue weighted by molar-refractivity contribution is 0.629. The Balaban J connectivity index is 2.38. The molecule has 0 aromatic heterocycles. The molecule has 88 valence electrons. The predicted molar refractivity (Wildman–Crippen MR) is 75.9 cm³/mol. The van der Waals surface area contributed by atoms with Gasteiger partial charge in [-0.25, -0.2) is 4.39 Å². The first kappa shape index (κ1) is 12.4. The molecule has 2 aromatic rings. The van der Waals surface area contributed by atoms with Gasteiger partial charge in [-0.05, 0) is 62.2 Å². The summed E-state index contributed by atoms with van der Waals surface area (Å²) in [4.78, 5) is 0. The lowest BCUT2D eigenvalue weighted by atomic mass is 10.2. The molecule has 0 amide bonds. The van der Waals surface area contributed by atoms with Crippen LogP contribution in [0, 0.1) is 5.82 Å². The van der Waals surface area contributed by atoms with Crippen molar-refractivity contribution < 1.29 is 4.39 Å². The summed E-state index contributed by atoms with van der Waals surface area (Å²) in [6.07, 6.45) is 0. The van der Waals surface area contributed by atoms with Crippen molar-refractivity contribution in [2.24, 2.45) is 0 Å². The third-order valence-corrected chi connectivity index (χ3v) is 3.47. The van der Waals surface area contributed by atoms with Crippen LogP contribution < -0.4 is 11.1 Å². The van der Waals surface area contributed by atoms with E-state index in [1.54, 1.807) is 6.07 Å². The average molecular weight is 360 g/mol. The molecule has 2 rings (SSSR count). The molecule has 0 saturated heterocycles. The van der Waals surface area contributed by atoms with Crippen LogP contribution in [0.2, 0.25) is 0 Å². The van der Waals surface area contributed by atoms with Crippen molar-refractivity contribution >= 4 is 48.9 Å². The van der Waals surface area contributed by atoms with Gasteiger partial charge in [0.05, 0.1) is 5.69 Å². The van der Waals surface area contributed by atoms with Gasteiger partial charge in [0.1, 0.15) is 5.82 Å². The number of nitrogens with two attached hydrogens (primary N) is 1. The van der Waals surface area contributed by atoms with E-state index in [9.17, 15) is 4.39 Å². The molecule has 0 bridgehead atoms. The van der Waals surface area contributed by atoms with Crippen LogP contribution in [0.25, 0.3) is 0 Å². The van der Waals surface area contributed by atoms with Crippen molar-refractivity contribution in [3.63, 3.8) is 0 Å². The highest BCUT2D eigenvalue weighted by molar-refractivity contribution is 9.11. The van der Waals surface area contributed by atoms with Gasteiger partial charge in [-0.15, -0.1) is 0 Å². The maximum atomic E-state index is 13.2. The standard InChI is InChI=1S/C12H9Br2FN2/c13-10-2-1-3-11(14)12(10)17-9-5-7(15)4-8(16)6-9/h1-6,17H,16H2. The van der Waals surface area contributed by atoms with Gasteiger partial charge < -0.3 is 11.1 Å². The Kier molecular flexibility index (Phi) is 3.69. The lowest BCUT2D eigenvalue weighted by Gasteiger charge is -2.11. The molecule has 17 heavy (non-hydrogen) atoms. The van der Waals surface area contributed by atoms with Crippen molar-refractivity contribution in [1.29, 1.82) is 0 Å². The third-order valence-electron chi connectivity index (χ3n) is 2.15. The molecule has 0 aliphatic rings. The molecule has 5 heteroatoms. The van der Waals surface area contributed by atoms with Gasteiger partial charge in [0, 0.05) is 20.3 Å². The average Bonchev–Trinajstić information content (AvgIpc) is 2.22. The molecule has 0 saturated carbocycles. The Hall–Kier alpha value is -1.07. The van der Waals surface area contributed by atoms with Crippen molar-refractivity contribution in [2.45, 2.75) is 0 Å². The van der Waals surface area contributed by atoms with Crippen molar-refractivity contribution in [3.8, 4) is 0 Å². The van der Waals surface area contributed by atoms with Crippen molar-refractivity contribution in [1.82, 2.24) is 0 Å². The van der Waals surface area contributed by atoms with E-state index < -0.39 is 0 Å². The molecule has 0 atom stereocenters. The maximum absolute atomic E-state index is 13.2. The summed E-state index contributed by atoms with van der Waals surface area (Å²) in [5, 5.41) is 3.11. The minimum absolute atomic E-state index is 0.365. The highest BCUT2D eigenvalue weighted by Gasteiger charge is 2.06. The van der Waals surface area contributed by atoms with Gasteiger partial charge >= 0.3 is 0 Å². The summed E-state index contributed by atoms with van der Waals surface area (Å²) >= 11 is 6.85. The summed E-state index contributed by atoms with van der Waals surface area (Å²) in [7, 11) is 0. The zero-order chi connectivity index (χ0) is 12.4. The minimum atomic E-state index is -0.365. The van der Waals surface area contributed by atoms with Crippen LogP contribution in [0.3, 0.4) is 0 Å². The number of hydrogen-bond donors (Lipinski definition) is 2. The fourth-order valence-corrected chi connectivity index (χ4v) is 2.64. The van der Waals surface area contributed by atoms with E-state index in [1.807, 2.05) is 18.2 Å². The largest absolute Gasteiger partial charge is 0.399 e. The smallest absolute Gasteiger partial charge is 0.127 e. The molecular weight excluding hydrogens is 351 g/mol. The van der Waals surface area contributed by atoms with Crippen LogP contribution in [-0.4, -0.2) is 0 Å². The number of nitrogen functional groups attached to an aromatic ring is 1.